The molecule has 10 heteroatoms. The van der Waals surface area contributed by atoms with E-state index in [1.807, 2.05) is 0 Å². The number of carboxylic acid groups (broad SMARTS) is 1. The van der Waals surface area contributed by atoms with Crippen LogP contribution in [0.1, 0.15) is 37.3 Å². The lowest BCUT2D eigenvalue weighted by Crippen LogP contribution is -2.41. The number of hydrogen-bond donors (Lipinski definition) is 3. The van der Waals surface area contributed by atoms with E-state index in [1.54, 1.807) is 0 Å². The number of unbranched alkanes of at least 4 members (excludes halogenated alkanes) is 1. The minimum absolute atomic E-state index is 0.143. The van der Waals surface area contributed by atoms with Crippen molar-refractivity contribution in [2.24, 2.45) is 0 Å². The number of amides is 2. The summed E-state index contributed by atoms with van der Waals surface area (Å²) in [4.78, 5) is 33.6. The quantitative estimate of drug-likeness (QED) is 0.563. The molecule has 0 aromatic heterocycles. The van der Waals surface area contributed by atoms with Gasteiger partial charge < -0.3 is 20.5 Å². The summed E-state index contributed by atoms with van der Waals surface area (Å²) in [5.74, 6) is -1.42. The molecule has 1 aromatic carbocycles. The third-order valence-electron chi connectivity index (χ3n) is 3.53. The Morgan fingerprint density at radius 2 is 1.78 bits per heavy atom. The van der Waals surface area contributed by atoms with Crippen molar-refractivity contribution in [3.05, 3.63) is 35.4 Å². The molecule has 0 spiro atoms. The second-order valence-corrected chi connectivity index (χ2v) is 5.78. The molecule has 0 unspecified atom stereocenters. The molecule has 1 atom stereocenters. The number of alkyl carbamates (subject to hydrolysis) is 1. The van der Waals surface area contributed by atoms with Crippen molar-refractivity contribution in [2.45, 2.75) is 45.0 Å². The number of carboxylic acids is 1. The van der Waals surface area contributed by atoms with E-state index in [9.17, 15) is 27.6 Å². The van der Waals surface area contributed by atoms with Crippen LogP contribution in [0.5, 0.6) is 0 Å². The predicted octanol–water partition coefficient (Wildman–Crippen LogP) is 2.69. The van der Waals surface area contributed by atoms with Gasteiger partial charge in [0, 0.05) is 13.5 Å². The van der Waals surface area contributed by atoms with Crippen LogP contribution in [-0.4, -0.2) is 35.7 Å². The molecule has 0 bridgehead atoms. The van der Waals surface area contributed by atoms with Crippen molar-refractivity contribution in [1.82, 2.24) is 10.6 Å². The molecule has 0 saturated carbocycles. The number of ether oxygens (including phenoxy) is 1. The molecule has 3 N–H and O–H groups in total. The van der Waals surface area contributed by atoms with Gasteiger partial charge in [0.2, 0.25) is 5.91 Å². The van der Waals surface area contributed by atoms with Crippen molar-refractivity contribution in [3.63, 3.8) is 0 Å². The first-order valence-corrected chi connectivity index (χ1v) is 8.16. The van der Waals surface area contributed by atoms with E-state index in [-0.39, 0.29) is 18.9 Å². The highest BCUT2D eigenvalue weighted by atomic mass is 19.4. The number of alkyl halides is 3. The Kier molecular flexibility index (Phi) is 8.57. The molecular weight excluding hydrogens is 369 g/mol. The van der Waals surface area contributed by atoms with E-state index in [0.717, 1.165) is 12.1 Å². The molecule has 27 heavy (non-hydrogen) atoms. The van der Waals surface area contributed by atoms with Gasteiger partial charge in [-0.1, -0.05) is 12.1 Å². The zero-order valence-electron chi connectivity index (χ0n) is 14.6. The molecule has 1 rings (SSSR count). The molecule has 2 amide bonds. The maximum Gasteiger partial charge on any atom is 0.416 e. The van der Waals surface area contributed by atoms with Crippen LogP contribution >= 0.6 is 0 Å². The topological polar surface area (TPSA) is 105 Å². The SMILES string of the molecule is CC(=O)NCCCC[C@H](NC(=O)OCc1ccc(C(F)(F)F)cc1)C(=O)O. The van der Waals surface area contributed by atoms with E-state index < -0.39 is 29.8 Å². The first-order chi connectivity index (χ1) is 12.6. The third kappa shape index (κ3) is 8.93. The van der Waals surface area contributed by atoms with Gasteiger partial charge in [-0.05, 0) is 37.0 Å². The molecular formula is C17H21F3N2O5. The lowest BCUT2D eigenvalue weighted by atomic mass is 10.1. The minimum atomic E-state index is -4.45. The number of carbonyl (C=O) groups is 3. The van der Waals surface area contributed by atoms with Crippen molar-refractivity contribution in [3.8, 4) is 0 Å². The number of hydrogen-bond acceptors (Lipinski definition) is 4. The highest BCUT2D eigenvalue weighted by Crippen LogP contribution is 2.29. The first-order valence-electron chi connectivity index (χ1n) is 8.16. The number of rotatable bonds is 9. The maximum atomic E-state index is 12.5. The fourth-order valence-corrected chi connectivity index (χ4v) is 2.12. The normalized spacial score (nSPS) is 12.1. The Bertz CT molecular complexity index is 647. The summed E-state index contributed by atoms with van der Waals surface area (Å²) in [6.07, 6.45) is -4.29. The largest absolute Gasteiger partial charge is 0.480 e. The minimum Gasteiger partial charge on any atom is -0.480 e. The van der Waals surface area contributed by atoms with E-state index in [0.29, 0.717) is 24.9 Å². The summed E-state index contributed by atoms with van der Waals surface area (Å²) in [5.41, 5.74) is -0.485. The molecule has 1 aromatic rings. The van der Waals surface area contributed by atoms with Crippen molar-refractivity contribution in [1.29, 1.82) is 0 Å². The fourth-order valence-electron chi connectivity index (χ4n) is 2.12. The second-order valence-electron chi connectivity index (χ2n) is 5.78. The monoisotopic (exact) mass is 390 g/mol. The summed E-state index contributed by atoms with van der Waals surface area (Å²) in [6.45, 7) is 1.48. The lowest BCUT2D eigenvalue weighted by molar-refractivity contribution is -0.139. The van der Waals surface area contributed by atoms with E-state index in [4.69, 9.17) is 9.84 Å². The molecule has 0 aliphatic rings. The molecule has 0 aliphatic carbocycles. The van der Waals surface area contributed by atoms with Gasteiger partial charge in [-0.15, -0.1) is 0 Å². The van der Waals surface area contributed by atoms with Gasteiger partial charge in [0.1, 0.15) is 12.6 Å². The van der Waals surface area contributed by atoms with Crippen LogP contribution in [0.2, 0.25) is 0 Å². The van der Waals surface area contributed by atoms with Crippen LogP contribution in [0.3, 0.4) is 0 Å². The summed E-state index contributed by atoms with van der Waals surface area (Å²) >= 11 is 0. The lowest BCUT2D eigenvalue weighted by Gasteiger charge is -2.15. The van der Waals surface area contributed by atoms with Gasteiger partial charge >= 0.3 is 18.2 Å². The molecule has 0 fully saturated rings. The predicted molar refractivity (Wildman–Crippen MR) is 88.7 cm³/mol. The van der Waals surface area contributed by atoms with E-state index in [1.165, 1.54) is 19.1 Å². The van der Waals surface area contributed by atoms with Crippen molar-refractivity contribution in [2.75, 3.05) is 6.54 Å². The Balaban J connectivity index is 2.41. The summed E-state index contributed by atoms with van der Waals surface area (Å²) in [7, 11) is 0. The summed E-state index contributed by atoms with van der Waals surface area (Å²) < 4.78 is 42.3. The van der Waals surface area contributed by atoms with Crippen LogP contribution in [0.25, 0.3) is 0 Å². The van der Waals surface area contributed by atoms with Gasteiger partial charge in [-0.2, -0.15) is 13.2 Å². The fraction of sp³-hybridized carbons (Fsp3) is 0.471. The van der Waals surface area contributed by atoms with Gasteiger partial charge in [-0.3, -0.25) is 4.79 Å². The molecule has 0 radical (unpaired) electrons. The van der Waals surface area contributed by atoms with Gasteiger partial charge in [-0.25, -0.2) is 9.59 Å². The van der Waals surface area contributed by atoms with Crippen LogP contribution in [0, 0.1) is 0 Å². The Hall–Kier alpha value is -2.78. The van der Waals surface area contributed by atoms with Crippen LogP contribution in [0.4, 0.5) is 18.0 Å². The number of nitrogens with one attached hydrogen (secondary N) is 2. The first kappa shape index (κ1) is 22.3. The average molecular weight is 390 g/mol. The van der Waals surface area contributed by atoms with Crippen LogP contribution < -0.4 is 10.6 Å². The molecule has 0 saturated heterocycles. The average Bonchev–Trinajstić information content (AvgIpc) is 2.57. The number of aliphatic carboxylic acids is 1. The standard InChI is InChI=1S/C17H21F3N2O5/c1-11(23)21-9-3-2-4-14(15(24)25)22-16(26)27-10-12-5-7-13(8-6-12)17(18,19)20/h5-8,14H,2-4,9-10H2,1H3,(H,21,23)(H,22,26)(H,24,25)/t14-/m0/s1. The van der Waals surface area contributed by atoms with Gasteiger partial charge in [0.15, 0.2) is 0 Å². The molecule has 150 valence electrons. The maximum absolute atomic E-state index is 12.5. The highest BCUT2D eigenvalue weighted by molar-refractivity contribution is 5.79. The smallest absolute Gasteiger partial charge is 0.416 e. The Morgan fingerprint density at radius 1 is 1.15 bits per heavy atom. The summed E-state index contributed by atoms with van der Waals surface area (Å²) in [6, 6.07) is 2.92. The van der Waals surface area contributed by atoms with Crippen molar-refractivity contribution >= 4 is 18.0 Å². The molecule has 0 heterocycles. The highest BCUT2D eigenvalue weighted by Gasteiger charge is 2.30. The zero-order chi connectivity index (χ0) is 20.4. The van der Waals surface area contributed by atoms with E-state index >= 15 is 0 Å². The van der Waals surface area contributed by atoms with Gasteiger partial charge in [0.25, 0.3) is 0 Å². The summed E-state index contributed by atoms with van der Waals surface area (Å²) in [5, 5.41) is 13.9. The van der Waals surface area contributed by atoms with Crippen LogP contribution in [-0.2, 0) is 27.1 Å². The number of benzene rings is 1. The third-order valence-corrected chi connectivity index (χ3v) is 3.53. The van der Waals surface area contributed by atoms with Crippen molar-refractivity contribution < 1.29 is 37.4 Å². The second kappa shape index (κ2) is 10.4. The number of halogens is 3. The Labute approximate surface area is 153 Å². The number of carbonyl (C=O) groups excluding carboxylic acids is 2. The Morgan fingerprint density at radius 3 is 2.30 bits per heavy atom. The molecule has 0 aliphatic heterocycles. The molecule has 7 nitrogen and oxygen atoms in total. The van der Waals surface area contributed by atoms with Gasteiger partial charge in [0.05, 0.1) is 5.56 Å². The van der Waals surface area contributed by atoms with Crippen LogP contribution in [0.15, 0.2) is 24.3 Å². The van der Waals surface area contributed by atoms with E-state index in [2.05, 4.69) is 10.6 Å². The zero-order valence-corrected chi connectivity index (χ0v) is 14.6.